The van der Waals surface area contributed by atoms with Crippen molar-refractivity contribution in [1.29, 1.82) is 0 Å². The number of nitrogens with two attached hydrogens (primary N) is 1. The molecule has 0 bridgehead atoms. The molecule has 1 amide bonds. The summed E-state index contributed by atoms with van der Waals surface area (Å²) in [5.41, 5.74) is 5.81. The number of carbonyl (C=O) groups is 1. The molecule has 1 saturated carbocycles. The molecule has 1 heterocycles. The van der Waals surface area contributed by atoms with Gasteiger partial charge in [0.1, 0.15) is 0 Å². The van der Waals surface area contributed by atoms with Crippen LogP contribution in [0.25, 0.3) is 0 Å². The molecular formula is C13H24N2OS. The molecule has 1 saturated heterocycles. The van der Waals surface area contributed by atoms with Crippen LogP contribution in [0, 0.1) is 5.92 Å². The quantitative estimate of drug-likeness (QED) is 0.779. The third-order valence-corrected chi connectivity index (χ3v) is 5.02. The summed E-state index contributed by atoms with van der Waals surface area (Å²) in [7, 11) is 0. The van der Waals surface area contributed by atoms with Crippen LogP contribution < -0.4 is 5.73 Å². The van der Waals surface area contributed by atoms with E-state index in [4.69, 9.17) is 5.73 Å². The van der Waals surface area contributed by atoms with Crippen molar-refractivity contribution in [3.63, 3.8) is 0 Å². The fourth-order valence-corrected chi connectivity index (χ4v) is 3.94. The highest BCUT2D eigenvalue weighted by atomic mass is 32.2. The fourth-order valence-electron chi connectivity index (χ4n) is 3.05. The zero-order chi connectivity index (χ0) is 12.3. The second-order valence-corrected chi connectivity index (χ2v) is 6.84. The Labute approximate surface area is 108 Å². The Kier molecular flexibility index (Phi) is 4.36. The standard InChI is InChI=1S/C13H24N2OS/c1-11-4-2-5-13(14,10-11)12(16)15-6-3-8-17-9-7-15/h11H,2-10,14H2,1H3. The summed E-state index contributed by atoms with van der Waals surface area (Å²) in [6.07, 6.45) is 5.19. The number of hydrogen-bond donors (Lipinski definition) is 1. The minimum absolute atomic E-state index is 0.214. The van der Waals surface area contributed by atoms with Gasteiger partial charge in [-0.05, 0) is 30.9 Å². The van der Waals surface area contributed by atoms with Crippen molar-refractivity contribution in [2.24, 2.45) is 11.7 Å². The van der Waals surface area contributed by atoms with Crippen LogP contribution in [0.15, 0.2) is 0 Å². The van der Waals surface area contributed by atoms with Gasteiger partial charge in [0.15, 0.2) is 0 Å². The van der Waals surface area contributed by atoms with Crippen molar-refractivity contribution >= 4 is 17.7 Å². The average Bonchev–Trinajstić information content (AvgIpc) is 2.56. The van der Waals surface area contributed by atoms with Crippen molar-refractivity contribution in [2.45, 2.75) is 44.6 Å². The number of thioether (sulfide) groups is 1. The number of amides is 1. The molecule has 2 aliphatic rings. The molecule has 0 spiro atoms. The molecule has 4 heteroatoms. The summed E-state index contributed by atoms with van der Waals surface area (Å²) in [5.74, 6) is 3.06. The van der Waals surface area contributed by atoms with E-state index >= 15 is 0 Å². The summed E-state index contributed by atoms with van der Waals surface area (Å²) in [6.45, 7) is 4.00. The lowest BCUT2D eigenvalue weighted by Crippen LogP contribution is -2.57. The Morgan fingerprint density at radius 1 is 1.35 bits per heavy atom. The Morgan fingerprint density at radius 2 is 2.18 bits per heavy atom. The molecule has 0 aromatic carbocycles. The Morgan fingerprint density at radius 3 is 2.94 bits per heavy atom. The molecule has 2 rings (SSSR count). The van der Waals surface area contributed by atoms with Crippen molar-refractivity contribution in [2.75, 3.05) is 24.6 Å². The van der Waals surface area contributed by atoms with Gasteiger partial charge in [0.2, 0.25) is 5.91 Å². The van der Waals surface area contributed by atoms with Crippen LogP contribution in [0.4, 0.5) is 0 Å². The van der Waals surface area contributed by atoms with E-state index in [0.29, 0.717) is 5.92 Å². The van der Waals surface area contributed by atoms with E-state index < -0.39 is 5.54 Å². The van der Waals surface area contributed by atoms with E-state index in [9.17, 15) is 4.79 Å². The van der Waals surface area contributed by atoms with Gasteiger partial charge in [0.05, 0.1) is 5.54 Å². The van der Waals surface area contributed by atoms with Gasteiger partial charge in [0, 0.05) is 18.8 Å². The van der Waals surface area contributed by atoms with Gasteiger partial charge in [-0.25, -0.2) is 0 Å². The molecule has 17 heavy (non-hydrogen) atoms. The maximum atomic E-state index is 12.6. The summed E-state index contributed by atoms with van der Waals surface area (Å²) < 4.78 is 0. The lowest BCUT2D eigenvalue weighted by atomic mass is 9.76. The minimum Gasteiger partial charge on any atom is -0.340 e. The van der Waals surface area contributed by atoms with E-state index in [1.807, 2.05) is 16.7 Å². The Hall–Kier alpha value is -0.220. The number of hydrogen-bond acceptors (Lipinski definition) is 3. The van der Waals surface area contributed by atoms with Crippen LogP contribution in [-0.4, -0.2) is 40.9 Å². The Bertz CT molecular complexity index is 277. The van der Waals surface area contributed by atoms with Gasteiger partial charge in [-0.2, -0.15) is 11.8 Å². The molecule has 1 aliphatic carbocycles. The molecule has 2 fully saturated rings. The molecule has 0 aromatic heterocycles. The maximum absolute atomic E-state index is 12.6. The van der Waals surface area contributed by atoms with Crippen LogP contribution in [0.2, 0.25) is 0 Å². The monoisotopic (exact) mass is 256 g/mol. The normalized spacial score (nSPS) is 35.4. The van der Waals surface area contributed by atoms with E-state index in [2.05, 4.69) is 6.92 Å². The van der Waals surface area contributed by atoms with E-state index in [1.54, 1.807) is 0 Å². The highest BCUT2D eigenvalue weighted by Gasteiger charge is 2.40. The zero-order valence-corrected chi connectivity index (χ0v) is 11.6. The first kappa shape index (κ1) is 13.2. The van der Waals surface area contributed by atoms with Crippen LogP contribution >= 0.6 is 11.8 Å². The smallest absolute Gasteiger partial charge is 0.242 e. The number of rotatable bonds is 1. The average molecular weight is 256 g/mol. The summed E-state index contributed by atoms with van der Waals surface area (Å²) in [5, 5.41) is 0. The first-order valence-corrected chi connectivity index (χ1v) is 7.93. The van der Waals surface area contributed by atoms with E-state index in [0.717, 1.165) is 44.5 Å². The predicted molar refractivity (Wildman–Crippen MR) is 73.1 cm³/mol. The summed E-state index contributed by atoms with van der Waals surface area (Å²) >= 11 is 1.95. The summed E-state index contributed by atoms with van der Waals surface area (Å²) in [4.78, 5) is 14.6. The summed E-state index contributed by atoms with van der Waals surface area (Å²) in [6, 6.07) is 0. The van der Waals surface area contributed by atoms with Gasteiger partial charge in [0.25, 0.3) is 0 Å². The molecule has 0 aromatic rings. The van der Waals surface area contributed by atoms with Crippen molar-refractivity contribution in [1.82, 2.24) is 4.90 Å². The van der Waals surface area contributed by atoms with Crippen molar-refractivity contribution in [3.8, 4) is 0 Å². The second-order valence-electron chi connectivity index (χ2n) is 5.62. The van der Waals surface area contributed by atoms with Crippen LogP contribution in [0.1, 0.15) is 39.0 Å². The highest BCUT2D eigenvalue weighted by molar-refractivity contribution is 7.99. The molecule has 2 N–H and O–H groups in total. The molecule has 1 aliphatic heterocycles. The SMILES string of the molecule is CC1CCCC(N)(C(=O)N2CCCSCC2)C1. The van der Waals surface area contributed by atoms with Crippen LogP contribution in [0.3, 0.4) is 0 Å². The molecule has 2 atom stereocenters. The van der Waals surface area contributed by atoms with E-state index in [-0.39, 0.29) is 5.91 Å². The largest absolute Gasteiger partial charge is 0.340 e. The van der Waals surface area contributed by atoms with Crippen LogP contribution in [0.5, 0.6) is 0 Å². The second kappa shape index (κ2) is 5.61. The first-order valence-electron chi connectivity index (χ1n) is 6.78. The third-order valence-electron chi connectivity index (χ3n) is 3.97. The van der Waals surface area contributed by atoms with Gasteiger partial charge in [-0.15, -0.1) is 0 Å². The topological polar surface area (TPSA) is 46.3 Å². The van der Waals surface area contributed by atoms with Crippen molar-refractivity contribution < 1.29 is 4.79 Å². The fraction of sp³-hybridized carbons (Fsp3) is 0.923. The van der Waals surface area contributed by atoms with Crippen LogP contribution in [-0.2, 0) is 4.79 Å². The van der Waals surface area contributed by atoms with Crippen molar-refractivity contribution in [3.05, 3.63) is 0 Å². The lowest BCUT2D eigenvalue weighted by Gasteiger charge is -2.38. The van der Waals surface area contributed by atoms with E-state index in [1.165, 1.54) is 12.2 Å². The lowest BCUT2D eigenvalue weighted by molar-refractivity contribution is -0.138. The molecule has 98 valence electrons. The molecule has 2 unspecified atom stereocenters. The highest BCUT2D eigenvalue weighted by Crippen LogP contribution is 2.32. The molecule has 0 radical (unpaired) electrons. The maximum Gasteiger partial charge on any atom is 0.242 e. The molecule has 3 nitrogen and oxygen atoms in total. The zero-order valence-electron chi connectivity index (χ0n) is 10.8. The van der Waals surface area contributed by atoms with Gasteiger partial charge in [-0.3, -0.25) is 4.79 Å². The Balaban J connectivity index is 2.01. The van der Waals surface area contributed by atoms with Gasteiger partial charge >= 0.3 is 0 Å². The van der Waals surface area contributed by atoms with Gasteiger partial charge in [-0.1, -0.05) is 19.8 Å². The minimum atomic E-state index is -0.563. The number of nitrogens with zero attached hydrogens (tertiary/aromatic N) is 1. The molecular weight excluding hydrogens is 232 g/mol. The number of carbonyl (C=O) groups excluding carboxylic acids is 1. The first-order chi connectivity index (χ1) is 8.12. The van der Waals surface area contributed by atoms with Gasteiger partial charge < -0.3 is 10.6 Å². The third kappa shape index (κ3) is 3.16. The predicted octanol–water partition coefficient (Wildman–Crippen LogP) is 1.86.